The van der Waals surface area contributed by atoms with E-state index in [1.165, 1.54) is 0 Å². The smallest absolute Gasteiger partial charge is 0.410 e. The van der Waals surface area contributed by atoms with Crippen molar-refractivity contribution in [3.8, 4) is 0 Å². The Hall–Kier alpha value is -1.60. The number of hydrogen-bond donors (Lipinski definition) is 1. The van der Waals surface area contributed by atoms with Crippen molar-refractivity contribution < 1.29 is 14.6 Å². The molecule has 2 unspecified atom stereocenters. The molecule has 0 spiro atoms. The molecule has 1 saturated heterocycles. The minimum Gasteiger partial charge on any atom is -0.444 e. The average Bonchev–Trinajstić information content (AvgIpc) is 2.53. The van der Waals surface area contributed by atoms with Gasteiger partial charge in [-0.05, 0) is 51.7 Å². The number of carbonyl (C=O) groups excluding carboxylic acids is 1. The van der Waals surface area contributed by atoms with E-state index < -0.39 is 11.7 Å². The van der Waals surface area contributed by atoms with E-state index in [0.717, 1.165) is 30.8 Å². The van der Waals surface area contributed by atoms with Gasteiger partial charge in [0.25, 0.3) is 0 Å². The zero-order valence-corrected chi connectivity index (χ0v) is 15.7. The minimum absolute atomic E-state index is 0.226. The number of anilines is 1. The molecule has 8 heteroatoms. The second kappa shape index (κ2) is 6.96. The summed E-state index contributed by atoms with van der Waals surface area (Å²) in [5.74, 6) is 0.755. The largest absolute Gasteiger partial charge is 0.444 e. The summed E-state index contributed by atoms with van der Waals surface area (Å²) in [6.45, 7) is 7.21. The molecule has 2 aliphatic heterocycles. The Morgan fingerprint density at radius 3 is 2.84 bits per heavy atom. The average molecular weight is 369 g/mol. The second-order valence-corrected chi connectivity index (χ2v) is 8.05. The third-order valence-corrected chi connectivity index (χ3v) is 4.72. The lowest BCUT2D eigenvalue weighted by atomic mass is 9.97. The van der Waals surface area contributed by atoms with E-state index in [-0.39, 0.29) is 12.1 Å². The zero-order chi connectivity index (χ0) is 18.2. The maximum atomic E-state index is 12.4. The first kappa shape index (κ1) is 18.2. The fourth-order valence-electron chi connectivity index (χ4n) is 3.41. The van der Waals surface area contributed by atoms with Crippen LogP contribution in [0.3, 0.4) is 0 Å². The number of piperidine rings is 1. The van der Waals surface area contributed by atoms with E-state index in [0.29, 0.717) is 24.7 Å². The van der Waals surface area contributed by atoms with Crippen LogP contribution in [-0.4, -0.2) is 63.7 Å². The number of hydrogen-bond acceptors (Lipinski definition) is 6. The number of aromatic nitrogens is 2. The molecule has 3 heterocycles. The van der Waals surface area contributed by atoms with E-state index in [1.54, 1.807) is 4.90 Å². The van der Waals surface area contributed by atoms with Gasteiger partial charge in [-0.2, -0.15) is 0 Å². The van der Waals surface area contributed by atoms with Gasteiger partial charge < -0.3 is 19.6 Å². The fraction of sp³-hybridized carbons (Fsp3) is 0.706. The Kier molecular flexibility index (Phi) is 5.06. The normalized spacial score (nSPS) is 24.0. The lowest BCUT2D eigenvalue weighted by molar-refractivity contribution is 0.00377. The maximum absolute atomic E-state index is 12.4. The van der Waals surface area contributed by atoms with Crippen LogP contribution in [0.25, 0.3) is 0 Å². The molecule has 0 saturated carbocycles. The van der Waals surface area contributed by atoms with Crippen LogP contribution in [0.5, 0.6) is 0 Å². The number of carbonyl (C=O) groups is 1. The summed E-state index contributed by atoms with van der Waals surface area (Å²) in [5, 5.41) is 19.1. The van der Waals surface area contributed by atoms with E-state index in [1.807, 2.05) is 26.8 Å². The third kappa shape index (κ3) is 4.15. The molecule has 1 aromatic rings. The Morgan fingerprint density at radius 1 is 1.36 bits per heavy atom. The van der Waals surface area contributed by atoms with Crippen molar-refractivity contribution in [2.45, 2.75) is 57.8 Å². The number of fused-ring (bicyclic) bond motifs is 1. The molecule has 1 aromatic heterocycles. The predicted octanol–water partition coefficient (Wildman–Crippen LogP) is 2.25. The van der Waals surface area contributed by atoms with Crippen LogP contribution in [-0.2, 0) is 11.2 Å². The van der Waals surface area contributed by atoms with Gasteiger partial charge in [0.2, 0.25) is 0 Å². The number of aryl methyl sites for hydroxylation is 1. The Labute approximate surface area is 152 Å². The molecule has 7 nitrogen and oxygen atoms in total. The second-order valence-electron chi connectivity index (χ2n) is 7.66. The highest BCUT2D eigenvalue weighted by Crippen LogP contribution is 2.30. The van der Waals surface area contributed by atoms with Crippen LogP contribution in [0.1, 0.15) is 39.2 Å². The molecule has 3 rings (SSSR count). The number of rotatable bonds is 1. The number of amides is 1. The first-order valence-electron chi connectivity index (χ1n) is 8.69. The predicted molar refractivity (Wildman–Crippen MR) is 94.9 cm³/mol. The van der Waals surface area contributed by atoms with Gasteiger partial charge in [-0.25, -0.2) is 4.79 Å². The summed E-state index contributed by atoms with van der Waals surface area (Å²) in [5.41, 5.74) is 0.496. The highest BCUT2D eigenvalue weighted by Gasteiger charge is 2.38. The summed E-state index contributed by atoms with van der Waals surface area (Å²) in [7, 11) is 0. The van der Waals surface area contributed by atoms with Crippen molar-refractivity contribution in [2.24, 2.45) is 0 Å². The number of aliphatic hydroxyl groups excluding tert-OH is 1. The first-order chi connectivity index (χ1) is 11.7. The third-order valence-electron chi connectivity index (χ3n) is 4.54. The number of nitrogens with zero attached hydrogens (tertiary/aromatic N) is 4. The van der Waals surface area contributed by atoms with Gasteiger partial charge in [0.05, 0.1) is 12.1 Å². The van der Waals surface area contributed by atoms with E-state index in [4.69, 9.17) is 16.3 Å². The topological polar surface area (TPSA) is 78.8 Å². The quantitative estimate of drug-likeness (QED) is 0.819. The van der Waals surface area contributed by atoms with Crippen LogP contribution >= 0.6 is 11.6 Å². The SMILES string of the molecule is CC(C)(C)OC(=O)N1CCC(O)C(N2CCCc3cc(Cl)nnc32)C1. The van der Waals surface area contributed by atoms with Crippen LogP contribution < -0.4 is 4.90 Å². The summed E-state index contributed by atoms with van der Waals surface area (Å²) < 4.78 is 5.47. The summed E-state index contributed by atoms with van der Waals surface area (Å²) in [4.78, 5) is 16.1. The summed E-state index contributed by atoms with van der Waals surface area (Å²) in [6, 6.07) is 1.60. The molecule has 25 heavy (non-hydrogen) atoms. The van der Waals surface area contributed by atoms with Crippen LogP contribution in [0.2, 0.25) is 5.15 Å². The van der Waals surface area contributed by atoms with Gasteiger partial charge in [0.1, 0.15) is 5.60 Å². The molecule has 0 radical (unpaired) electrons. The molecular weight excluding hydrogens is 344 g/mol. The van der Waals surface area contributed by atoms with Crippen molar-refractivity contribution in [3.63, 3.8) is 0 Å². The van der Waals surface area contributed by atoms with E-state index in [9.17, 15) is 9.90 Å². The molecule has 2 aliphatic rings. The van der Waals surface area contributed by atoms with Crippen LogP contribution in [0, 0.1) is 0 Å². The first-order valence-corrected chi connectivity index (χ1v) is 9.07. The monoisotopic (exact) mass is 368 g/mol. The molecular formula is C17H25ClN4O3. The highest BCUT2D eigenvalue weighted by molar-refractivity contribution is 6.29. The number of ether oxygens (including phenoxy) is 1. The summed E-state index contributed by atoms with van der Waals surface area (Å²) in [6.07, 6.45) is 1.48. The van der Waals surface area contributed by atoms with Crippen LogP contribution in [0.15, 0.2) is 6.07 Å². The molecule has 138 valence electrons. The van der Waals surface area contributed by atoms with Gasteiger partial charge >= 0.3 is 6.09 Å². The van der Waals surface area contributed by atoms with Gasteiger partial charge in [-0.15, -0.1) is 10.2 Å². The fourth-order valence-corrected chi connectivity index (χ4v) is 3.58. The maximum Gasteiger partial charge on any atom is 0.410 e. The highest BCUT2D eigenvalue weighted by atomic mass is 35.5. The van der Waals surface area contributed by atoms with Gasteiger partial charge in [-0.3, -0.25) is 0 Å². The molecule has 0 bridgehead atoms. The Bertz CT molecular complexity index is 649. The van der Waals surface area contributed by atoms with Gasteiger partial charge in [0, 0.05) is 19.6 Å². The number of halogens is 1. The van der Waals surface area contributed by atoms with Crippen molar-refractivity contribution >= 4 is 23.5 Å². The lowest BCUT2D eigenvalue weighted by Gasteiger charge is -2.44. The molecule has 0 aromatic carbocycles. The van der Waals surface area contributed by atoms with Gasteiger partial charge in [-0.1, -0.05) is 11.6 Å². The van der Waals surface area contributed by atoms with Gasteiger partial charge in [0.15, 0.2) is 11.0 Å². The number of likely N-dealkylation sites (tertiary alicyclic amines) is 1. The molecule has 1 fully saturated rings. The molecule has 1 N–H and O–H groups in total. The molecule has 1 amide bonds. The standard InChI is InChI=1S/C17H25ClN4O3/c1-17(2,3)25-16(24)21-8-6-13(23)12(10-21)22-7-4-5-11-9-14(18)19-20-15(11)22/h9,12-13,23H,4-8,10H2,1-3H3. The van der Waals surface area contributed by atoms with Crippen molar-refractivity contribution in [1.82, 2.24) is 15.1 Å². The zero-order valence-electron chi connectivity index (χ0n) is 14.9. The minimum atomic E-state index is -0.539. The molecule has 2 atom stereocenters. The number of aliphatic hydroxyl groups is 1. The van der Waals surface area contributed by atoms with Crippen molar-refractivity contribution in [1.29, 1.82) is 0 Å². The van der Waals surface area contributed by atoms with E-state index >= 15 is 0 Å². The van der Waals surface area contributed by atoms with Crippen molar-refractivity contribution in [3.05, 3.63) is 16.8 Å². The summed E-state index contributed by atoms with van der Waals surface area (Å²) >= 11 is 5.95. The van der Waals surface area contributed by atoms with Crippen LogP contribution in [0.4, 0.5) is 10.6 Å². The Balaban J connectivity index is 1.79. The van der Waals surface area contributed by atoms with Crippen molar-refractivity contribution in [2.75, 3.05) is 24.5 Å². The van der Waals surface area contributed by atoms with E-state index in [2.05, 4.69) is 15.1 Å². The lowest BCUT2D eigenvalue weighted by Crippen LogP contribution is -2.58. The molecule has 0 aliphatic carbocycles. The Morgan fingerprint density at radius 2 is 2.12 bits per heavy atom.